The SMILES string of the molecule is O=C(NCc1cc(F)ccc1F)c1ccc(O)cc1. The van der Waals surface area contributed by atoms with Gasteiger partial charge in [-0.15, -0.1) is 0 Å². The average molecular weight is 263 g/mol. The van der Waals surface area contributed by atoms with Crippen LogP contribution in [0.15, 0.2) is 42.5 Å². The molecule has 0 spiro atoms. The highest BCUT2D eigenvalue weighted by atomic mass is 19.1. The van der Waals surface area contributed by atoms with Gasteiger partial charge in [0, 0.05) is 17.7 Å². The number of nitrogens with one attached hydrogen (secondary N) is 1. The van der Waals surface area contributed by atoms with Crippen molar-refractivity contribution in [1.29, 1.82) is 0 Å². The summed E-state index contributed by atoms with van der Waals surface area (Å²) < 4.78 is 26.3. The molecular weight excluding hydrogens is 252 g/mol. The third kappa shape index (κ3) is 3.28. The van der Waals surface area contributed by atoms with Crippen molar-refractivity contribution >= 4 is 5.91 Å². The van der Waals surface area contributed by atoms with E-state index in [0.717, 1.165) is 18.2 Å². The molecule has 2 rings (SSSR count). The van der Waals surface area contributed by atoms with Crippen LogP contribution in [0, 0.1) is 11.6 Å². The molecule has 19 heavy (non-hydrogen) atoms. The van der Waals surface area contributed by atoms with Crippen LogP contribution in [0.25, 0.3) is 0 Å². The van der Waals surface area contributed by atoms with E-state index < -0.39 is 17.5 Å². The lowest BCUT2D eigenvalue weighted by atomic mass is 10.1. The minimum atomic E-state index is -0.576. The number of hydrogen-bond acceptors (Lipinski definition) is 2. The number of carbonyl (C=O) groups excluding carboxylic acids is 1. The van der Waals surface area contributed by atoms with E-state index in [9.17, 15) is 13.6 Å². The van der Waals surface area contributed by atoms with Crippen LogP contribution in [0.2, 0.25) is 0 Å². The van der Waals surface area contributed by atoms with Crippen molar-refractivity contribution in [2.75, 3.05) is 0 Å². The molecular formula is C14H11F2NO2. The van der Waals surface area contributed by atoms with Gasteiger partial charge in [-0.25, -0.2) is 8.78 Å². The topological polar surface area (TPSA) is 49.3 Å². The van der Waals surface area contributed by atoms with Gasteiger partial charge in [0.25, 0.3) is 5.91 Å². The quantitative estimate of drug-likeness (QED) is 0.894. The Labute approximate surface area is 108 Å². The van der Waals surface area contributed by atoms with Crippen LogP contribution in [-0.2, 0) is 6.54 Å². The van der Waals surface area contributed by atoms with Crippen LogP contribution in [0.1, 0.15) is 15.9 Å². The lowest BCUT2D eigenvalue weighted by molar-refractivity contribution is 0.0950. The monoisotopic (exact) mass is 263 g/mol. The van der Waals surface area contributed by atoms with Crippen molar-refractivity contribution in [3.8, 4) is 5.75 Å². The van der Waals surface area contributed by atoms with Gasteiger partial charge in [0.1, 0.15) is 17.4 Å². The molecule has 0 saturated heterocycles. The Hall–Kier alpha value is -2.43. The second kappa shape index (κ2) is 5.48. The predicted molar refractivity (Wildman–Crippen MR) is 65.6 cm³/mol. The molecule has 5 heteroatoms. The first-order valence-electron chi connectivity index (χ1n) is 5.57. The Bertz CT molecular complexity index is 597. The number of rotatable bonds is 3. The molecule has 0 fully saturated rings. The summed E-state index contributed by atoms with van der Waals surface area (Å²) in [6.45, 7) is -0.108. The van der Waals surface area contributed by atoms with Gasteiger partial charge in [0.15, 0.2) is 0 Å². The second-order valence-electron chi connectivity index (χ2n) is 3.97. The highest BCUT2D eigenvalue weighted by Gasteiger charge is 2.08. The van der Waals surface area contributed by atoms with Crippen LogP contribution in [0.5, 0.6) is 5.75 Å². The minimum Gasteiger partial charge on any atom is -0.508 e. The number of carbonyl (C=O) groups is 1. The molecule has 0 atom stereocenters. The lowest BCUT2D eigenvalue weighted by Crippen LogP contribution is -2.23. The largest absolute Gasteiger partial charge is 0.508 e. The summed E-state index contributed by atoms with van der Waals surface area (Å²) in [5, 5.41) is 11.6. The number of hydrogen-bond donors (Lipinski definition) is 2. The fourth-order valence-corrected chi connectivity index (χ4v) is 1.57. The molecule has 98 valence electrons. The Balaban J connectivity index is 2.04. The van der Waals surface area contributed by atoms with E-state index >= 15 is 0 Å². The van der Waals surface area contributed by atoms with Gasteiger partial charge in [-0.1, -0.05) is 0 Å². The summed E-state index contributed by atoms with van der Waals surface area (Å²) in [6, 6.07) is 8.68. The number of aromatic hydroxyl groups is 1. The highest BCUT2D eigenvalue weighted by molar-refractivity contribution is 5.94. The van der Waals surface area contributed by atoms with Gasteiger partial charge in [-0.05, 0) is 42.5 Å². The zero-order chi connectivity index (χ0) is 13.8. The standard InChI is InChI=1S/C14H11F2NO2/c15-11-3-6-13(16)10(7-11)8-17-14(19)9-1-4-12(18)5-2-9/h1-7,18H,8H2,(H,17,19). The van der Waals surface area contributed by atoms with Gasteiger partial charge in [0.2, 0.25) is 0 Å². The molecule has 0 aliphatic heterocycles. The first-order valence-corrected chi connectivity index (χ1v) is 5.57. The van der Waals surface area contributed by atoms with E-state index in [0.29, 0.717) is 5.56 Å². The van der Waals surface area contributed by atoms with E-state index in [2.05, 4.69) is 5.32 Å². The van der Waals surface area contributed by atoms with Crippen molar-refractivity contribution in [3.05, 3.63) is 65.2 Å². The smallest absolute Gasteiger partial charge is 0.251 e. The van der Waals surface area contributed by atoms with Crippen LogP contribution < -0.4 is 5.32 Å². The van der Waals surface area contributed by atoms with Crippen LogP contribution >= 0.6 is 0 Å². The third-order valence-electron chi connectivity index (χ3n) is 2.58. The average Bonchev–Trinajstić information content (AvgIpc) is 2.40. The number of amides is 1. The van der Waals surface area contributed by atoms with Crippen LogP contribution in [0.3, 0.4) is 0 Å². The molecule has 0 saturated carbocycles. The number of halogens is 2. The maximum Gasteiger partial charge on any atom is 0.251 e. The second-order valence-corrected chi connectivity index (χ2v) is 3.97. The fourth-order valence-electron chi connectivity index (χ4n) is 1.57. The van der Waals surface area contributed by atoms with Gasteiger partial charge in [-0.3, -0.25) is 4.79 Å². The molecule has 0 heterocycles. The Kier molecular flexibility index (Phi) is 3.75. The first kappa shape index (κ1) is 13.0. The maximum absolute atomic E-state index is 13.3. The maximum atomic E-state index is 13.3. The Morgan fingerprint density at radius 2 is 1.79 bits per heavy atom. The van der Waals surface area contributed by atoms with Crippen LogP contribution in [-0.4, -0.2) is 11.0 Å². The Morgan fingerprint density at radius 3 is 2.47 bits per heavy atom. The van der Waals surface area contributed by atoms with Gasteiger partial charge in [-0.2, -0.15) is 0 Å². The molecule has 2 aromatic carbocycles. The van der Waals surface area contributed by atoms with Crippen molar-refractivity contribution in [3.63, 3.8) is 0 Å². The molecule has 1 amide bonds. The van der Waals surface area contributed by atoms with E-state index in [4.69, 9.17) is 5.11 Å². The molecule has 0 aliphatic carbocycles. The number of phenols is 1. The molecule has 3 nitrogen and oxygen atoms in total. The predicted octanol–water partition coefficient (Wildman–Crippen LogP) is 2.60. The molecule has 0 bridgehead atoms. The fraction of sp³-hybridized carbons (Fsp3) is 0.0714. The van der Waals surface area contributed by atoms with Crippen LogP contribution in [0.4, 0.5) is 8.78 Å². The summed E-state index contributed by atoms with van der Waals surface area (Å²) in [4.78, 5) is 11.7. The Morgan fingerprint density at radius 1 is 1.11 bits per heavy atom. The molecule has 0 aromatic heterocycles. The summed E-state index contributed by atoms with van der Waals surface area (Å²) >= 11 is 0. The van der Waals surface area contributed by atoms with Crippen molar-refractivity contribution in [1.82, 2.24) is 5.32 Å². The normalized spacial score (nSPS) is 10.2. The van der Waals surface area contributed by atoms with E-state index in [1.165, 1.54) is 24.3 Å². The zero-order valence-electron chi connectivity index (χ0n) is 9.86. The summed E-state index contributed by atoms with van der Waals surface area (Å²) in [7, 11) is 0. The molecule has 0 aliphatic rings. The summed E-state index contributed by atoms with van der Waals surface area (Å²) in [5.41, 5.74) is 0.404. The molecule has 0 unspecified atom stereocenters. The third-order valence-corrected chi connectivity index (χ3v) is 2.58. The number of phenolic OH excluding ortho intramolecular Hbond substituents is 1. The lowest BCUT2D eigenvalue weighted by Gasteiger charge is -2.06. The van der Waals surface area contributed by atoms with Crippen molar-refractivity contribution in [2.24, 2.45) is 0 Å². The highest BCUT2D eigenvalue weighted by Crippen LogP contribution is 2.11. The molecule has 0 radical (unpaired) electrons. The zero-order valence-corrected chi connectivity index (χ0v) is 9.86. The molecule has 2 N–H and O–H groups in total. The van der Waals surface area contributed by atoms with Gasteiger partial charge >= 0.3 is 0 Å². The summed E-state index contributed by atoms with van der Waals surface area (Å²) in [6.07, 6.45) is 0. The van der Waals surface area contributed by atoms with Gasteiger partial charge < -0.3 is 10.4 Å². The van der Waals surface area contributed by atoms with E-state index in [1.807, 2.05) is 0 Å². The number of benzene rings is 2. The van der Waals surface area contributed by atoms with Crippen molar-refractivity contribution in [2.45, 2.75) is 6.54 Å². The van der Waals surface area contributed by atoms with Crippen molar-refractivity contribution < 1.29 is 18.7 Å². The van der Waals surface area contributed by atoms with Gasteiger partial charge in [0.05, 0.1) is 0 Å². The van der Waals surface area contributed by atoms with E-state index in [1.54, 1.807) is 0 Å². The summed E-state index contributed by atoms with van der Waals surface area (Å²) in [5.74, 6) is -1.51. The van der Waals surface area contributed by atoms with E-state index in [-0.39, 0.29) is 17.9 Å². The molecule has 2 aromatic rings. The minimum absolute atomic E-state index is 0.0488. The first-order chi connectivity index (χ1) is 9.06.